The molecule has 3 fully saturated rings. The molecule has 0 bridgehead atoms. The molecule has 15 heteroatoms. The third kappa shape index (κ3) is 8.26. The van der Waals surface area contributed by atoms with Gasteiger partial charge in [0.25, 0.3) is 0 Å². The largest absolute Gasteiger partial charge is 0.488 e. The Bertz CT molecular complexity index is 2490. The molecule has 3 saturated heterocycles. The normalized spacial score (nSPS) is 20.7. The van der Waals surface area contributed by atoms with Crippen molar-refractivity contribution in [2.45, 2.75) is 89.6 Å². The van der Waals surface area contributed by atoms with Crippen molar-refractivity contribution in [3.8, 4) is 28.1 Å². The van der Waals surface area contributed by atoms with Crippen LogP contribution in [0.25, 0.3) is 38.7 Å². The number of aromatic nitrogens is 2. The number of allylic oxidation sites excluding steroid dienone is 1. The number of nitrogens with zero attached hydrogens (tertiary/aromatic N) is 4. The summed E-state index contributed by atoms with van der Waals surface area (Å²) in [4.78, 5) is 68.9. The van der Waals surface area contributed by atoms with Gasteiger partial charge >= 0.3 is 12.2 Å². The molecule has 5 aliphatic rings. The van der Waals surface area contributed by atoms with Crippen molar-refractivity contribution in [2.24, 2.45) is 16.8 Å². The highest BCUT2D eigenvalue weighted by Crippen LogP contribution is 2.44. The monoisotopic (exact) mass is 857 g/mol. The Balaban J connectivity index is 0.879. The quantitative estimate of drug-likeness (QED) is 0.149. The zero-order valence-electron chi connectivity index (χ0n) is 36.3. The summed E-state index contributed by atoms with van der Waals surface area (Å²) in [6, 6.07) is 15.3. The molecule has 0 unspecified atom stereocenters. The van der Waals surface area contributed by atoms with Crippen LogP contribution in [-0.2, 0) is 30.4 Å². The predicted molar refractivity (Wildman–Crippen MR) is 237 cm³/mol. The molecule has 3 N–H and O–H groups in total. The number of hydrogen-bond acceptors (Lipinski definition) is 10. The van der Waals surface area contributed by atoms with Crippen LogP contribution in [0, 0.1) is 11.8 Å². The number of amides is 4. The van der Waals surface area contributed by atoms with E-state index >= 15 is 0 Å². The van der Waals surface area contributed by atoms with Gasteiger partial charge in [0.1, 0.15) is 30.3 Å². The number of ether oxygens (including phenoxy) is 4. The van der Waals surface area contributed by atoms with Gasteiger partial charge in [-0.1, -0.05) is 44.2 Å². The third-order valence-corrected chi connectivity index (χ3v) is 13.4. The highest BCUT2D eigenvalue weighted by molar-refractivity contribution is 6.04. The second-order valence-corrected chi connectivity index (χ2v) is 17.5. The number of hydrogen-bond donors (Lipinski definition) is 3. The fraction of sp³-hybridized carbons (Fsp3) is 0.458. The Labute approximate surface area is 366 Å². The number of aliphatic imine (C=N–C) groups is 1. The van der Waals surface area contributed by atoms with Crippen molar-refractivity contribution >= 4 is 46.1 Å². The van der Waals surface area contributed by atoms with Crippen molar-refractivity contribution in [2.75, 3.05) is 40.5 Å². The number of imidazole rings is 1. The molecule has 0 saturated carbocycles. The molecule has 4 amide bonds. The van der Waals surface area contributed by atoms with Gasteiger partial charge in [-0.05, 0) is 96.2 Å². The van der Waals surface area contributed by atoms with Crippen molar-refractivity contribution in [3.63, 3.8) is 0 Å². The Kier molecular flexibility index (Phi) is 11.9. The molecule has 9 rings (SSSR count). The van der Waals surface area contributed by atoms with Crippen molar-refractivity contribution in [3.05, 3.63) is 77.9 Å². The molecule has 63 heavy (non-hydrogen) atoms. The number of rotatable bonds is 10. The maximum absolute atomic E-state index is 14.1. The Hall–Kier alpha value is -6.22. The van der Waals surface area contributed by atoms with Crippen LogP contribution in [-0.4, -0.2) is 108 Å². The fourth-order valence-electron chi connectivity index (χ4n) is 10.0. The minimum absolute atomic E-state index is 0.0156. The van der Waals surface area contributed by atoms with Crippen molar-refractivity contribution in [1.29, 1.82) is 0 Å². The summed E-state index contributed by atoms with van der Waals surface area (Å²) in [6.45, 7) is 6.58. The lowest BCUT2D eigenvalue weighted by Gasteiger charge is -2.34. The maximum atomic E-state index is 14.1. The standard InChI is InChI=1S/C48H55N7O8/c1-27(2)41(52-47(58)60-3)45(56)55-18-6-8-40(55)44-50-25-38(51-44)31-11-13-35-30(22-31)10-14-36-34-12-9-29(21-33(34)26-63-43(35)36)32-23-37(49-24-32)39-7-5-17-54(39)46(57)42(53-48(59)61-4)28-15-19-62-20-16-28/h9-14,21-22,24-25,27-28,39-42H,5-8,15-20,23,26H2,1-4H3,(H,50,51)(H,52,58)(H,53,59)/t39-,40-,41-,42-/m0/s1. The Morgan fingerprint density at radius 3 is 2.30 bits per heavy atom. The van der Waals surface area contributed by atoms with Gasteiger partial charge in [0.05, 0.1) is 38.2 Å². The number of alkyl carbamates (subject to hydrolysis) is 2. The molecule has 5 aliphatic heterocycles. The van der Waals surface area contributed by atoms with E-state index in [9.17, 15) is 19.2 Å². The van der Waals surface area contributed by atoms with Gasteiger partial charge in [0.2, 0.25) is 11.8 Å². The first-order valence-electron chi connectivity index (χ1n) is 22.1. The zero-order chi connectivity index (χ0) is 43.8. The number of fused-ring (bicyclic) bond motifs is 5. The number of likely N-dealkylation sites (tertiary alicyclic amines) is 2. The number of carbonyl (C=O) groups excluding carboxylic acids is 4. The molecule has 0 radical (unpaired) electrons. The molecule has 330 valence electrons. The van der Waals surface area contributed by atoms with Crippen LogP contribution in [0.1, 0.15) is 81.8 Å². The second kappa shape index (κ2) is 17.9. The summed E-state index contributed by atoms with van der Waals surface area (Å²) in [5.41, 5.74) is 8.24. The summed E-state index contributed by atoms with van der Waals surface area (Å²) in [5.74, 6) is 1.22. The van der Waals surface area contributed by atoms with Gasteiger partial charge < -0.3 is 44.4 Å². The summed E-state index contributed by atoms with van der Waals surface area (Å²) in [5, 5.41) is 7.60. The first-order valence-corrected chi connectivity index (χ1v) is 22.1. The first kappa shape index (κ1) is 42.1. The maximum Gasteiger partial charge on any atom is 0.407 e. The van der Waals surface area contributed by atoms with E-state index in [-0.39, 0.29) is 35.7 Å². The highest BCUT2D eigenvalue weighted by atomic mass is 16.5. The molecule has 4 atom stereocenters. The lowest BCUT2D eigenvalue weighted by molar-refractivity contribution is -0.136. The molecular weight excluding hydrogens is 803 g/mol. The molecular formula is C48H55N7O8. The molecule has 3 aromatic carbocycles. The number of carbonyl (C=O) groups is 4. The van der Waals surface area contributed by atoms with E-state index in [1.54, 1.807) is 0 Å². The van der Waals surface area contributed by atoms with Gasteiger partial charge in [-0.3, -0.25) is 14.6 Å². The van der Waals surface area contributed by atoms with E-state index < -0.39 is 24.3 Å². The van der Waals surface area contributed by atoms with Crippen molar-refractivity contribution in [1.82, 2.24) is 30.4 Å². The summed E-state index contributed by atoms with van der Waals surface area (Å²) in [6.07, 6.45) is 7.90. The van der Waals surface area contributed by atoms with Crippen LogP contribution in [0.5, 0.6) is 5.75 Å². The smallest absolute Gasteiger partial charge is 0.407 e. The van der Waals surface area contributed by atoms with Crippen LogP contribution in [0.3, 0.4) is 0 Å². The van der Waals surface area contributed by atoms with E-state index in [1.165, 1.54) is 14.2 Å². The van der Waals surface area contributed by atoms with Crippen molar-refractivity contribution < 1.29 is 38.1 Å². The number of benzene rings is 3. The number of nitrogens with one attached hydrogen (secondary N) is 3. The van der Waals surface area contributed by atoms with E-state index in [0.717, 1.165) is 92.8 Å². The molecule has 0 spiro atoms. The summed E-state index contributed by atoms with van der Waals surface area (Å²) < 4.78 is 21.7. The van der Waals surface area contributed by atoms with Crippen LogP contribution in [0.4, 0.5) is 9.59 Å². The fourth-order valence-corrected chi connectivity index (χ4v) is 10.0. The van der Waals surface area contributed by atoms with Crippen LogP contribution >= 0.6 is 0 Å². The van der Waals surface area contributed by atoms with Gasteiger partial charge in [0, 0.05) is 61.1 Å². The summed E-state index contributed by atoms with van der Waals surface area (Å²) in [7, 11) is 2.61. The van der Waals surface area contributed by atoms with Crippen LogP contribution in [0.15, 0.2) is 65.9 Å². The molecule has 0 aliphatic carbocycles. The molecule has 4 aromatic rings. The minimum Gasteiger partial charge on any atom is -0.488 e. The first-order chi connectivity index (χ1) is 30.6. The number of aromatic amines is 1. The van der Waals surface area contributed by atoms with Gasteiger partial charge in [-0.2, -0.15) is 0 Å². The van der Waals surface area contributed by atoms with Crippen LogP contribution < -0.4 is 15.4 Å². The molecule has 15 nitrogen and oxygen atoms in total. The third-order valence-electron chi connectivity index (χ3n) is 13.4. The molecule has 1 aromatic heterocycles. The minimum atomic E-state index is -0.697. The van der Waals surface area contributed by atoms with Gasteiger partial charge in [-0.15, -0.1) is 0 Å². The van der Waals surface area contributed by atoms with E-state index in [2.05, 4.69) is 64.1 Å². The topological polar surface area (TPSA) is 177 Å². The average molecular weight is 858 g/mol. The lowest BCUT2D eigenvalue weighted by atomic mass is 9.89. The lowest BCUT2D eigenvalue weighted by Crippen LogP contribution is -2.55. The number of methoxy groups -OCH3 is 2. The zero-order valence-corrected chi connectivity index (χ0v) is 36.3. The van der Waals surface area contributed by atoms with E-state index in [4.69, 9.17) is 28.9 Å². The van der Waals surface area contributed by atoms with Crippen LogP contribution in [0.2, 0.25) is 0 Å². The second-order valence-electron chi connectivity index (χ2n) is 17.5. The summed E-state index contributed by atoms with van der Waals surface area (Å²) >= 11 is 0. The Morgan fingerprint density at radius 1 is 0.825 bits per heavy atom. The van der Waals surface area contributed by atoms with E-state index in [1.807, 2.05) is 36.0 Å². The SMILES string of the molecule is COC(=O)N[C@H](C(=O)N1CCC[C@H]1c1ncc(-c2ccc3c4c(ccc3c2)-c2ccc(C3=CN=C([C@@H]5CCCN5C(=O)[C@@H](NC(=O)OC)C5CCOCC5)C3)cc2CO4)[nH]1)C(C)C. The average Bonchev–Trinajstić information content (AvgIpc) is 4.16. The molecule has 6 heterocycles. The van der Waals surface area contributed by atoms with Gasteiger partial charge in [-0.25, -0.2) is 14.6 Å². The van der Waals surface area contributed by atoms with Gasteiger partial charge in [0.15, 0.2) is 0 Å². The highest BCUT2D eigenvalue weighted by Gasteiger charge is 2.41. The number of H-pyrrole nitrogens is 1. The van der Waals surface area contributed by atoms with E-state index in [0.29, 0.717) is 52.2 Å². The Morgan fingerprint density at radius 2 is 1.54 bits per heavy atom. The predicted octanol–water partition coefficient (Wildman–Crippen LogP) is 7.16.